The van der Waals surface area contributed by atoms with Crippen molar-refractivity contribution in [1.29, 1.82) is 0 Å². The zero-order valence-corrected chi connectivity index (χ0v) is 12.2. The molecule has 1 saturated heterocycles. The Morgan fingerprint density at radius 3 is 2.95 bits per heavy atom. The number of amides is 2. The van der Waals surface area contributed by atoms with Gasteiger partial charge in [-0.05, 0) is 18.9 Å². The zero-order valence-electron chi connectivity index (χ0n) is 11.4. The van der Waals surface area contributed by atoms with Crippen LogP contribution in [-0.2, 0) is 9.53 Å². The molecule has 1 saturated carbocycles. The van der Waals surface area contributed by atoms with Crippen molar-refractivity contribution in [2.24, 2.45) is 0 Å². The minimum absolute atomic E-state index is 0.157. The molecule has 0 radical (unpaired) electrons. The van der Waals surface area contributed by atoms with Gasteiger partial charge in [0.2, 0.25) is 5.91 Å². The minimum atomic E-state index is -0.601. The van der Waals surface area contributed by atoms with Gasteiger partial charge < -0.3 is 15.0 Å². The van der Waals surface area contributed by atoms with Crippen molar-refractivity contribution in [3.05, 3.63) is 29.0 Å². The molecule has 1 aromatic heterocycles. The van der Waals surface area contributed by atoms with Crippen LogP contribution in [0, 0.1) is 0 Å². The van der Waals surface area contributed by atoms with Gasteiger partial charge in [0.1, 0.15) is 6.04 Å². The molecule has 3 rings (SSSR count). The molecule has 7 heteroatoms. The van der Waals surface area contributed by atoms with Crippen LogP contribution in [0.25, 0.3) is 0 Å². The summed E-state index contributed by atoms with van der Waals surface area (Å²) in [6.45, 7) is 1.01. The standard InChI is InChI=1S/C14H16ClN3O3/c15-11-7-16-4-3-10(11)14(20)18-5-6-21-8-12(18)13(19)17-9-1-2-9/h3-4,7,9,12H,1-2,5-6,8H2,(H,17,19). The fourth-order valence-electron chi connectivity index (χ4n) is 2.29. The van der Waals surface area contributed by atoms with E-state index in [-0.39, 0.29) is 29.5 Å². The van der Waals surface area contributed by atoms with Gasteiger partial charge in [0.25, 0.3) is 5.91 Å². The lowest BCUT2D eigenvalue weighted by molar-refractivity contribution is -0.130. The molecule has 1 aromatic rings. The number of hydrogen-bond acceptors (Lipinski definition) is 4. The third-order valence-corrected chi connectivity index (χ3v) is 3.92. The number of aromatic nitrogens is 1. The quantitative estimate of drug-likeness (QED) is 0.899. The van der Waals surface area contributed by atoms with E-state index >= 15 is 0 Å². The van der Waals surface area contributed by atoms with Crippen molar-refractivity contribution in [2.45, 2.75) is 24.9 Å². The van der Waals surface area contributed by atoms with Gasteiger partial charge in [-0.25, -0.2) is 0 Å². The summed E-state index contributed by atoms with van der Waals surface area (Å²) < 4.78 is 5.35. The van der Waals surface area contributed by atoms with E-state index in [1.165, 1.54) is 17.3 Å². The van der Waals surface area contributed by atoms with E-state index in [4.69, 9.17) is 16.3 Å². The van der Waals surface area contributed by atoms with Crippen molar-refractivity contribution < 1.29 is 14.3 Å². The molecule has 2 heterocycles. The highest BCUT2D eigenvalue weighted by atomic mass is 35.5. The number of hydrogen-bond donors (Lipinski definition) is 1. The van der Waals surface area contributed by atoms with Gasteiger partial charge in [-0.15, -0.1) is 0 Å². The van der Waals surface area contributed by atoms with Gasteiger partial charge >= 0.3 is 0 Å². The van der Waals surface area contributed by atoms with Crippen LogP contribution < -0.4 is 5.32 Å². The second-order valence-electron chi connectivity index (χ2n) is 5.23. The first-order valence-corrected chi connectivity index (χ1v) is 7.33. The average molecular weight is 310 g/mol. The van der Waals surface area contributed by atoms with Gasteiger partial charge in [0, 0.05) is 25.0 Å². The topological polar surface area (TPSA) is 71.5 Å². The molecule has 1 atom stereocenters. The monoisotopic (exact) mass is 309 g/mol. The molecular formula is C14H16ClN3O3. The lowest BCUT2D eigenvalue weighted by atomic mass is 10.1. The molecule has 1 N–H and O–H groups in total. The van der Waals surface area contributed by atoms with Gasteiger partial charge in [-0.1, -0.05) is 11.6 Å². The Labute approximate surface area is 127 Å². The molecule has 2 aliphatic rings. The van der Waals surface area contributed by atoms with Gasteiger partial charge in [0.15, 0.2) is 0 Å². The Balaban J connectivity index is 1.78. The van der Waals surface area contributed by atoms with Crippen LogP contribution in [0.3, 0.4) is 0 Å². The summed E-state index contributed by atoms with van der Waals surface area (Å²) >= 11 is 6.02. The predicted octanol–water partition coefficient (Wildman–Crippen LogP) is 0.855. The first-order valence-electron chi connectivity index (χ1n) is 6.95. The van der Waals surface area contributed by atoms with E-state index in [2.05, 4.69) is 10.3 Å². The maximum Gasteiger partial charge on any atom is 0.256 e. The number of carbonyl (C=O) groups is 2. The molecule has 1 unspecified atom stereocenters. The maximum absolute atomic E-state index is 12.6. The van der Waals surface area contributed by atoms with Crippen molar-refractivity contribution in [3.8, 4) is 0 Å². The van der Waals surface area contributed by atoms with Crippen molar-refractivity contribution in [1.82, 2.24) is 15.2 Å². The summed E-state index contributed by atoms with van der Waals surface area (Å²) in [6, 6.07) is 1.22. The SMILES string of the molecule is O=C(NC1CC1)C1COCCN1C(=O)c1ccncc1Cl. The number of halogens is 1. The highest BCUT2D eigenvalue weighted by Crippen LogP contribution is 2.21. The number of ether oxygens (including phenoxy) is 1. The van der Waals surface area contributed by atoms with Crippen molar-refractivity contribution in [2.75, 3.05) is 19.8 Å². The Bertz CT molecular complexity index is 562. The molecule has 112 valence electrons. The molecule has 21 heavy (non-hydrogen) atoms. The first kappa shape index (κ1) is 14.3. The van der Waals surface area contributed by atoms with Crippen LogP contribution in [0.4, 0.5) is 0 Å². The average Bonchev–Trinajstić information content (AvgIpc) is 3.31. The van der Waals surface area contributed by atoms with Crippen molar-refractivity contribution >= 4 is 23.4 Å². The number of rotatable bonds is 3. The number of morpholine rings is 1. The third-order valence-electron chi connectivity index (χ3n) is 3.62. The fourth-order valence-corrected chi connectivity index (χ4v) is 2.49. The van der Waals surface area contributed by atoms with E-state index in [0.29, 0.717) is 18.7 Å². The van der Waals surface area contributed by atoms with Gasteiger partial charge in [-0.3, -0.25) is 14.6 Å². The number of carbonyl (C=O) groups excluding carboxylic acids is 2. The van der Waals surface area contributed by atoms with Crippen LogP contribution in [0.2, 0.25) is 5.02 Å². The summed E-state index contributed by atoms with van der Waals surface area (Å²) in [4.78, 5) is 30.3. The highest BCUT2D eigenvalue weighted by Gasteiger charge is 2.36. The summed E-state index contributed by atoms with van der Waals surface area (Å²) in [7, 11) is 0. The lowest BCUT2D eigenvalue weighted by Gasteiger charge is -2.34. The molecule has 2 amide bonds. The number of nitrogens with zero attached hydrogens (tertiary/aromatic N) is 2. The molecule has 0 spiro atoms. The van der Waals surface area contributed by atoms with Crippen LogP contribution in [0.15, 0.2) is 18.5 Å². The predicted molar refractivity (Wildman–Crippen MR) is 76.1 cm³/mol. The van der Waals surface area contributed by atoms with Gasteiger partial charge in [0.05, 0.1) is 23.8 Å². The molecule has 0 bridgehead atoms. The zero-order chi connectivity index (χ0) is 14.8. The normalized spacial score (nSPS) is 22.0. The van der Waals surface area contributed by atoms with Crippen LogP contribution in [-0.4, -0.2) is 53.5 Å². The molecule has 0 aromatic carbocycles. The van der Waals surface area contributed by atoms with E-state index in [1.807, 2.05) is 0 Å². The maximum atomic E-state index is 12.6. The number of nitrogens with one attached hydrogen (secondary N) is 1. The highest BCUT2D eigenvalue weighted by molar-refractivity contribution is 6.33. The Kier molecular flexibility index (Phi) is 4.07. The number of pyridine rings is 1. The summed E-state index contributed by atoms with van der Waals surface area (Å²) in [5, 5.41) is 3.20. The van der Waals surface area contributed by atoms with Crippen LogP contribution in [0.5, 0.6) is 0 Å². The molecular weight excluding hydrogens is 294 g/mol. The van der Waals surface area contributed by atoms with Gasteiger partial charge in [-0.2, -0.15) is 0 Å². The van der Waals surface area contributed by atoms with E-state index < -0.39 is 6.04 Å². The smallest absolute Gasteiger partial charge is 0.256 e. The van der Waals surface area contributed by atoms with E-state index in [9.17, 15) is 9.59 Å². The summed E-state index contributed by atoms with van der Waals surface area (Å²) in [5.41, 5.74) is 0.359. The molecule has 1 aliphatic heterocycles. The Hall–Kier alpha value is -1.66. The van der Waals surface area contributed by atoms with Crippen molar-refractivity contribution in [3.63, 3.8) is 0 Å². The largest absolute Gasteiger partial charge is 0.377 e. The van der Waals surface area contributed by atoms with E-state index in [1.54, 1.807) is 6.07 Å². The lowest BCUT2D eigenvalue weighted by Crippen LogP contribution is -2.56. The second kappa shape index (κ2) is 5.99. The molecule has 6 nitrogen and oxygen atoms in total. The second-order valence-corrected chi connectivity index (χ2v) is 5.63. The summed E-state index contributed by atoms with van der Waals surface area (Å²) in [6.07, 6.45) is 4.94. The van der Waals surface area contributed by atoms with E-state index in [0.717, 1.165) is 12.8 Å². The Morgan fingerprint density at radius 2 is 2.24 bits per heavy atom. The third kappa shape index (κ3) is 3.16. The molecule has 1 aliphatic carbocycles. The molecule has 2 fully saturated rings. The van der Waals surface area contributed by atoms with Crippen LogP contribution in [0.1, 0.15) is 23.2 Å². The Morgan fingerprint density at radius 1 is 1.43 bits per heavy atom. The summed E-state index contributed by atoms with van der Waals surface area (Å²) in [5.74, 6) is -0.419. The fraction of sp³-hybridized carbons (Fsp3) is 0.500. The first-order chi connectivity index (χ1) is 10.2. The minimum Gasteiger partial charge on any atom is -0.377 e. The van der Waals surface area contributed by atoms with Crippen LogP contribution >= 0.6 is 11.6 Å².